The molecular weight excluding hydrogens is 348 g/mol. The zero-order valence-corrected chi connectivity index (χ0v) is 14.9. The summed E-state index contributed by atoms with van der Waals surface area (Å²) in [4.78, 5) is 0. The molecule has 3 N–H and O–H groups in total. The average Bonchev–Trinajstić information content (AvgIpc) is 3.23. The molecule has 0 radical (unpaired) electrons. The zero-order valence-electron chi connectivity index (χ0n) is 14.9. The number of hydrogen-bond acceptors (Lipinski definition) is 9. The van der Waals surface area contributed by atoms with E-state index in [0.29, 0.717) is 29.1 Å². The molecule has 0 amide bonds. The van der Waals surface area contributed by atoms with Crippen molar-refractivity contribution in [2.24, 2.45) is 10.2 Å². The fourth-order valence-electron chi connectivity index (χ4n) is 2.46. The molecule has 138 valence electrons. The second-order valence-electron chi connectivity index (χ2n) is 5.69. The molecule has 3 rings (SSSR count). The van der Waals surface area contributed by atoms with E-state index in [2.05, 4.69) is 42.0 Å². The first-order valence-electron chi connectivity index (χ1n) is 8.03. The third-order valence-electron chi connectivity index (χ3n) is 3.85. The predicted octanol–water partition coefficient (Wildman–Crippen LogP) is 1.82. The van der Waals surface area contributed by atoms with Crippen molar-refractivity contribution in [3.63, 3.8) is 0 Å². The molecule has 1 aromatic carbocycles. The lowest BCUT2D eigenvalue weighted by Crippen LogP contribution is -2.04. The van der Waals surface area contributed by atoms with E-state index in [4.69, 9.17) is 5.73 Å². The average molecular weight is 366 g/mol. The number of rotatable bonds is 6. The maximum absolute atomic E-state index is 10.2. The van der Waals surface area contributed by atoms with Crippen molar-refractivity contribution in [1.29, 1.82) is 0 Å². The van der Waals surface area contributed by atoms with Gasteiger partial charge in [0.15, 0.2) is 0 Å². The topological polar surface area (TPSA) is 141 Å². The van der Waals surface area contributed by atoms with Crippen LogP contribution in [0.5, 0.6) is 5.75 Å². The summed E-state index contributed by atoms with van der Waals surface area (Å²) >= 11 is 0. The number of phenolic OH excluding ortho intramolecular Hbond substituents is 1. The monoisotopic (exact) mass is 366 g/mol. The van der Waals surface area contributed by atoms with Gasteiger partial charge in [-0.3, -0.25) is 0 Å². The Morgan fingerprint density at radius 2 is 2.22 bits per heavy atom. The van der Waals surface area contributed by atoms with Gasteiger partial charge >= 0.3 is 0 Å². The first-order valence-corrected chi connectivity index (χ1v) is 8.03. The van der Waals surface area contributed by atoms with Crippen LogP contribution >= 0.6 is 0 Å². The number of nitrogen functional groups attached to an aromatic ring is 1. The minimum atomic E-state index is 0.108. The molecule has 2 aromatic heterocycles. The molecule has 3 aromatic rings. The third kappa shape index (κ3) is 3.59. The van der Waals surface area contributed by atoms with Gasteiger partial charge in [0, 0.05) is 5.56 Å². The Balaban J connectivity index is 1.84. The summed E-state index contributed by atoms with van der Waals surface area (Å²) in [5.74, 6) is 0.522. The first kappa shape index (κ1) is 18.0. The lowest BCUT2D eigenvalue weighted by atomic mass is 10.1. The highest BCUT2D eigenvalue weighted by Crippen LogP contribution is 2.21. The van der Waals surface area contributed by atoms with Crippen LogP contribution in [0.2, 0.25) is 0 Å². The summed E-state index contributed by atoms with van der Waals surface area (Å²) in [5.41, 5.74) is 8.73. The van der Waals surface area contributed by atoms with Gasteiger partial charge in [0.2, 0.25) is 11.6 Å². The van der Waals surface area contributed by atoms with Crippen LogP contribution < -0.4 is 5.73 Å². The summed E-state index contributed by atoms with van der Waals surface area (Å²) in [6, 6.07) is 5.41. The fourth-order valence-corrected chi connectivity index (χ4v) is 2.46. The maximum Gasteiger partial charge on any atom is 0.243 e. The number of para-hydroxylation sites is 1. The van der Waals surface area contributed by atoms with E-state index in [1.54, 1.807) is 26.0 Å². The van der Waals surface area contributed by atoms with Crippen molar-refractivity contribution in [2.45, 2.75) is 20.3 Å². The van der Waals surface area contributed by atoms with Crippen LogP contribution in [0.1, 0.15) is 29.4 Å². The van der Waals surface area contributed by atoms with Crippen LogP contribution in [0.4, 0.5) is 5.82 Å². The SMILES string of the molecule is C=CCc1cccc(/C=N/N=C(/C)c2nnn(-c3nonc3N)c2C)c1O. The lowest BCUT2D eigenvalue weighted by molar-refractivity contribution is 0.306. The number of hydrogen-bond donors (Lipinski definition) is 2. The second kappa shape index (κ2) is 7.60. The van der Waals surface area contributed by atoms with Gasteiger partial charge in [-0.1, -0.05) is 23.4 Å². The van der Waals surface area contributed by atoms with Gasteiger partial charge in [-0.05, 0) is 42.2 Å². The van der Waals surface area contributed by atoms with Gasteiger partial charge in [0.1, 0.15) is 11.4 Å². The molecule has 0 bridgehead atoms. The van der Waals surface area contributed by atoms with Crippen molar-refractivity contribution in [3.8, 4) is 11.6 Å². The molecule has 2 heterocycles. The molecule has 0 saturated heterocycles. The summed E-state index contributed by atoms with van der Waals surface area (Å²) in [6.07, 6.45) is 3.77. The van der Waals surface area contributed by atoms with Gasteiger partial charge in [0.05, 0.1) is 17.6 Å². The van der Waals surface area contributed by atoms with Crippen LogP contribution in [0.15, 0.2) is 45.7 Å². The van der Waals surface area contributed by atoms with Gasteiger partial charge in [-0.25, -0.2) is 4.63 Å². The zero-order chi connectivity index (χ0) is 19.4. The number of nitrogens with two attached hydrogens (primary N) is 1. The van der Waals surface area contributed by atoms with E-state index in [1.165, 1.54) is 10.9 Å². The van der Waals surface area contributed by atoms with Crippen LogP contribution in [0.3, 0.4) is 0 Å². The van der Waals surface area contributed by atoms with Crippen molar-refractivity contribution in [1.82, 2.24) is 25.3 Å². The molecule has 0 saturated carbocycles. The summed E-state index contributed by atoms with van der Waals surface area (Å²) in [5, 5.41) is 33.7. The Morgan fingerprint density at radius 1 is 1.41 bits per heavy atom. The van der Waals surface area contributed by atoms with E-state index in [1.807, 2.05) is 12.1 Å². The van der Waals surface area contributed by atoms with Gasteiger partial charge in [0.25, 0.3) is 0 Å². The van der Waals surface area contributed by atoms with Crippen LogP contribution in [-0.4, -0.2) is 42.3 Å². The standard InChI is InChI=1S/C17H18N8O2/c1-4-6-12-7-5-8-13(15(12)26)9-19-20-10(2)14-11(3)25(24-21-14)17-16(18)22-27-23-17/h4-5,7-9,26H,1,6H2,2-3H3,(H2,18,22)/b19-9+,20-10-. The minimum Gasteiger partial charge on any atom is -0.507 e. The van der Waals surface area contributed by atoms with E-state index >= 15 is 0 Å². The van der Waals surface area contributed by atoms with Crippen LogP contribution in [0.25, 0.3) is 5.82 Å². The molecule has 0 aliphatic rings. The van der Waals surface area contributed by atoms with Crippen molar-refractivity contribution < 1.29 is 9.74 Å². The Kier molecular flexibility index (Phi) is 5.06. The molecule has 0 unspecified atom stereocenters. The molecule has 27 heavy (non-hydrogen) atoms. The smallest absolute Gasteiger partial charge is 0.243 e. The molecule has 0 fully saturated rings. The Morgan fingerprint density at radius 3 is 2.93 bits per heavy atom. The number of anilines is 1. The van der Waals surface area contributed by atoms with E-state index in [9.17, 15) is 5.11 Å². The molecule has 0 atom stereocenters. The first-order chi connectivity index (χ1) is 13.0. The Labute approximate surface area is 154 Å². The van der Waals surface area contributed by atoms with E-state index in [0.717, 1.165) is 5.56 Å². The van der Waals surface area contributed by atoms with Crippen molar-refractivity contribution >= 4 is 17.7 Å². The number of nitrogens with zero attached hydrogens (tertiary/aromatic N) is 7. The molecule has 0 spiro atoms. The highest BCUT2D eigenvalue weighted by atomic mass is 16.6. The summed E-state index contributed by atoms with van der Waals surface area (Å²) in [7, 11) is 0. The quantitative estimate of drug-likeness (QED) is 0.385. The van der Waals surface area contributed by atoms with Crippen molar-refractivity contribution in [2.75, 3.05) is 5.73 Å². The number of benzene rings is 1. The molecule has 10 nitrogen and oxygen atoms in total. The van der Waals surface area contributed by atoms with Gasteiger partial charge in [-0.15, -0.1) is 11.7 Å². The Hall–Kier alpha value is -3.82. The van der Waals surface area contributed by atoms with E-state index in [-0.39, 0.29) is 17.4 Å². The summed E-state index contributed by atoms with van der Waals surface area (Å²) < 4.78 is 5.99. The molecule has 0 aliphatic heterocycles. The van der Waals surface area contributed by atoms with Gasteiger partial charge < -0.3 is 10.8 Å². The number of phenols is 1. The minimum absolute atomic E-state index is 0.108. The normalized spacial score (nSPS) is 12.0. The number of aromatic nitrogens is 5. The second-order valence-corrected chi connectivity index (χ2v) is 5.69. The van der Waals surface area contributed by atoms with Crippen molar-refractivity contribution in [3.05, 3.63) is 53.4 Å². The molecular formula is C17H18N8O2. The van der Waals surface area contributed by atoms with Gasteiger partial charge in [-0.2, -0.15) is 14.9 Å². The Bertz CT molecular complexity index is 1030. The number of aromatic hydroxyl groups is 1. The third-order valence-corrected chi connectivity index (χ3v) is 3.85. The highest BCUT2D eigenvalue weighted by Gasteiger charge is 2.17. The predicted molar refractivity (Wildman–Crippen MR) is 100 cm³/mol. The largest absolute Gasteiger partial charge is 0.507 e. The maximum atomic E-state index is 10.2. The molecule has 0 aliphatic carbocycles. The highest BCUT2D eigenvalue weighted by molar-refractivity contribution is 5.98. The summed E-state index contributed by atoms with van der Waals surface area (Å²) in [6.45, 7) is 7.21. The number of allylic oxidation sites excluding steroid dienone is 1. The van der Waals surface area contributed by atoms with Crippen LogP contribution in [0, 0.1) is 6.92 Å². The van der Waals surface area contributed by atoms with E-state index < -0.39 is 0 Å². The fraction of sp³-hybridized carbons (Fsp3) is 0.176. The molecule has 10 heteroatoms. The van der Waals surface area contributed by atoms with Crippen LogP contribution in [-0.2, 0) is 6.42 Å². The lowest BCUT2D eigenvalue weighted by Gasteiger charge is -2.03.